The van der Waals surface area contributed by atoms with Crippen LogP contribution in [0.25, 0.3) is 0 Å². The number of hydrogen-bond donors (Lipinski definition) is 1. The lowest BCUT2D eigenvalue weighted by Crippen LogP contribution is -2.24. The summed E-state index contributed by atoms with van der Waals surface area (Å²) >= 11 is 0. The Morgan fingerprint density at radius 2 is 2.25 bits per heavy atom. The van der Waals surface area contributed by atoms with E-state index in [1.54, 1.807) is 12.1 Å². The van der Waals surface area contributed by atoms with Crippen LogP contribution in [0.5, 0.6) is 5.75 Å². The van der Waals surface area contributed by atoms with Gasteiger partial charge in [-0.2, -0.15) is 0 Å². The van der Waals surface area contributed by atoms with Crippen molar-refractivity contribution in [2.45, 2.75) is 11.3 Å². The second-order valence-corrected chi connectivity index (χ2v) is 4.80. The average Bonchev–Trinajstić information content (AvgIpc) is 2.29. The average molecular weight is 239 g/mol. The molecular weight excluding hydrogens is 226 g/mol. The van der Waals surface area contributed by atoms with Gasteiger partial charge in [0.2, 0.25) is 10.0 Å². The minimum Gasteiger partial charge on any atom is -0.497 e. The van der Waals surface area contributed by atoms with Crippen LogP contribution in [-0.2, 0) is 10.0 Å². The zero-order chi connectivity index (χ0) is 12.0. The van der Waals surface area contributed by atoms with Gasteiger partial charge in [-0.1, -0.05) is 6.07 Å². The molecule has 0 saturated heterocycles. The normalized spacial score (nSPS) is 10.8. The summed E-state index contributed by atoms with van der Waals surface area (Å²) in [5, 5.41) is 0. The molecule has 86 valence electrons. The molecule has 1 aromatic rings. The molecule has 1 rings (SSSR count). The Balaban J connectivity index is 2.86. The van der Waals surface area contributed by atoms with Gasteiger partial charge in [0.1, 0.15) is 5.75 Å². The number of methoxy groups -OCH3 is 1. The van der Waals surface area contributed by atoms with E-state index >= 15 is 0 Å². The van der Waals surface area contributed by atoms with E-state index in [2.05, 4.69) is 10.6 Å². The van der Waals surface area contributed by atoms with E-state index in [4.69, 9.17) is 11.2 Å². The van der Waals surface area contributed by atoms with Crippen molar-refractivity contribution in [3.05, 3.63) is 24.3 Å². The standard InChI is InChI=1S/C11H13NO3S/c1-3-4-8-12-16(13,14)11-7-5-6-10(9-11)15-2/h1,5-7,9,12H,4,8H2,2H3. The highest BCUT2D eigenvalue weighted by atomic mass is 32.2. The molecule has 0 heterocycles. The van der Waals surface area contributed by atoms with Crippen LogP contribution in [0.4, 0.5) is 0 Å². The third kappa shape index (κ3) is 3.26. The Labute approximate surface area is 95.7 Å². The molecule has 0 unspecified atom stereocenters. The second-order valence-electron chi connectivity index (χ2n) is 3.03. The van der Waals surface area contributed by atoms with Gasteiger partial charge in [0.05, 0.1) is 12.0 Å². The lowest BCUT2D eigenvalue weighted by atomic mass is 10.3. The Morgan fingerprint density at radius 1 is 1.50 bits per heavy atom. The first-order valence-corrected chi connectivity index (χ1v) is 6.15. The molecule has 0 saturated carbocycles. The summed E-state index contributed by atoms with van der Waals surface area (Å²) in [5.41, 5.74) is 0. The maximum Gasteiger partial charge on any atom is 0.240 e. The second kappa shape index (κ2) is 5.54. The summed E-state index contributed by atoms with van der Waals surface area (Å²) in [6, 6.07) is 6.26. The van der Waals surface area contributed by atoms with Crippen LogP contribution in [0.15, 0.2) is 29.2 Å². The maximum absolute atomic E-state index is 11.7. The van der Waals surface area contributed by atoms with Gasteiger partial charge >= 0.3 is 0 Å². The van der Waals surface area contributed by atoms with Gasteiger partial charge in [-0.3, -0.25) is 0 Å². The number of terminal acetylenes is 1. The van der Waals surface area contributed by atoms with Crippen LogP contribution in [0, 0.1) is 12.3 Å². The summed E-state index contributed by atoms with van der Waals surface area (Å²) in [4.78, 5) is 0.170. The summed E-state index contributed by atoms with van der Waals surface area (Å²) in [7, 11) is -2.01. The van der Waals surface area contributed by atoms with Gasteiger partial charge in [0.25, 0.3) is 0 Å². The number of sulfonamides is 1. The van der Waals surface area contributed by atoms with Crippen LogP contribution < -0.4 is 9.46 Å². The highest BCUT2D eigenvalue weighted by Crippen LogP contribution is 2.16. The van der Waals surface area contributed by atoms with E-state index in [0.29, 0.717) is 12.2 Å². The molecule has 0 amide bonds. The molecule has 1 aromatic carbocycles. The van der Waals surface area contributed by atoms with Crippen LogP contribution >= 0.6 is 0 Å². The molecule has 0 aromatic heterocycles. The van der Waals surface area contributed by atoms with Gasteiger partial charge in [0, 0.05) is 19.0 Å². The summed E-state index contributed by atoms with van der Waals surface area (Å²) in [6.07, 6.45) is 5.40. The molecule has 16 heavy (non-hydrogen) atoms. The van der Waals surface area contributed by atoms with E-state index in [1.807, 2.05) is 0 Å². The Kier molecular flexibility index (Phi) is 4.35. The van der Waals surface area contributed by atoms with Crippen LogP contribution in [0.1, 0.15) is 6.42 Å². The molecule has 0 bridgehead atoms. The summed E-state index contributed by atoms with van der Waals surface area (Å²) in [5.74, 6) is 2.86. The largest absolute Gasteiger partial charge is 0.497 e. The summed E-state index contributed by atoms with van der Waals surface area (Å²) < 4.78 is 30.8. The third-order valence-corrected chi connectivity index (χ3v) is 3.37. The van der Waals surface area contributed by atoms with Crippen molar-refractivity contribution in [1.29, 1.82) is 0 Å². The van der Waals surface area contributed by atoms with E-state index in [-0.39, 0.29) is 11.4 Å². The minimum atomic E-state index is -3.49. The number of nitrogens with one attached hydrogen (secondary N) is 1. The first-order chi connectivity index (χ1) is 7.60. The molecule has 1 N–H and O–H groups in total. The van der Waals surface area contributed by atoms with Crippen molar-refractivity contribution in [1.82, 2.24) is 4.72 Å². The van der Waals surface area contributed by atoms with E-state index in [9.17, 15) is 8.42 Å². The Morgan fingerprint density at radius 3 is 2.88 bits per heavy atom. The maximum atomic E-state index is 11.7. The summed E-state index contributed by atoms with van der Waals surface area (Å²) in [6.45, 7) is 0.232. The quantitative estimate of drug-likeness (QED) is 0.616. The molecule has 0 aliphatic rings. The fourth-order valence-corrected chi connectivity index (χ4v) is 2.18. The van der Waals surface area contributed by atoms with Crippen molar-refractivity contribution >= 4 is 10.0 Å². The van der Waals surface area contributed by atoms with Gasteiger partial charge in [-0.25, -0.2) is 13.1 Å². The zero-order valence-corrected chi connectivity index (χ0v) is 9.75. The molecule has 0 aliphatic heterocycles. The predicted molar refractivity (Wildman–Crippen MR) is 61.6 cm³/mol. The van der Waals surface area contributed by atoms with E-state index < -0.39 is 10.0 Å². The van der Waals surface area contributed by atoms with Crippen LogP contribution in [0.3, 0.4) is 0 Å². The molecule has 4 nitrogen and oxygen atoms in total. The highest BCUT2D eigenvalue weighted by molar-refractivity contribution is 7.89. The number of benzene rings is 1. The van der Waals surface area contributed by atoms with Gasteiger partial charge in [0.15, 0.2) is 0 Å². The fraction of sp³-hybridized carbons (Fsp3) is 0.273. The van der Waals surface area contributed by atoms with Gasteiger partial charge in [-0.15, -0.1) is 12.3 Å². The van der Waals surface area contributed by atoms with Crippen molar-refractivity contribution in [2.24, 2.45) is 0 Å². The first-order valence-electron chi connectivity index (χ1n) is 4.67. The van der Waals surface area contributed by atoms with E-state index in [0.717, 1.165) is 0 Å². The molecule has 0 atom stereocenters. The van der Waals surface area contributed by atoms with Crippen molar-refractivity contribution in [2.75, 3.05) is 13.7 Å². The third-order valence-electron chi connectivity index (χ3n) is 1.91. The Hall–Kier alpha value is -1.51. The monoisotopic (exact) mass is 239 g/mol. The van der Waals surface area contributed by atoms with Crippen molar-refractivity contribution < 1.29 is 13.2 Å². The number of hydrogen-bond acceptors (Lipinski definition) is 3. The molecule has 0 spiro atoms. The lowest BCUT2D eigenvalue weighted by molar-refractivity contribution is 0.413. The fourth-order valence-electron chi connectivity index (χ4n) is 1.11. The van der Waals surface area contributed by atoms with Crippen molar-refractivity contribution in [3.63, 3.8) is 0 Å². The van der Waals surface area contributed by atoms with Crippen LogP contribution in [-0.4, -0.2) is 22.1 Å². The Bertz CT molecular complexity index is 488. The number of ether oxygens (including phenoxy) is 1. The topological polar surface area (TPSA) is 55.4 Å². The smallest absolute Gasteiger partial charge is 0.240 e. The molecule has 0 fully saturated rings. The molecular formula is C11H13NO3S. The van der Waals surface area contributed by atoms with E-state index in [1.165, 1.54) is 19.2 Å². The predicted octanol–water partition coefficient (Wildman–Crippen LogP) is 0.997. The molecule has 0 aliphatic carbocycles. The van der Waals surface area contributed by atoms with Gasteiger partial charge in [-0.05, 0) is 12.1 Å². The SMILES string of the molecule is C#CCCNS(=O)(=O)c1cccc(OC)c1. The minimum absolute atomic E-state index is 0.170. The zero-order valence-electron chi connectivity index (χ0n) is 8.93. The molecule has 0 radical (unpaired) electrons. The van der Waals surface area contributed by atoms with Crippen molar-refractivity contribution in [3.8, 4) is 18.1 Å². The highest BCUT2D eigenvalue weighted by Gasteiger charge is 2.13. The van der Waals surface area contributed by atoms with Crippen LogP contribution in [0.2, 0.25) is 0 Å². The van der Waals surface area contributed by atoms with Gasteiger partial charge < -0.3 is 4.74 Å². The first kappa shape index (κ1) is 12.6. The number of rotatable bonds is 5. The lowest BCUT2D eigenvalue weighted by Gasteiger charge is -2.06. The molecule has 5 heteroatoms.